The summed E-state index contributed by atoms with van der Waals surface area (Å²) in [5.74, 6) is 4.18. The highest BCUT2D eigenvalue weighted by atomic mass is 16.7. The van der Waals surface area contributed by atoms with E-state index in [-0.39, 0.29) is 5.91 Å². The van der Waals surface area contributed by atoms with Gasteiger partial charge in [0.2, 0.25) is 0 Å². The summed E-state index contributed by atoms with van der Waals surface area (Å²) in [6.07, 6.45) is 0.823. The highest BCUT2D eigenvalue weighted by Crippen LogP contribution is 2.31. The Bertz CT molecular complexity index is 1010. The topological polar surface area (TPSA) is 77.6 Å². The molecular weight excluding hydrogens is 330 g/mol. The summed E-state index contributed by atoms with van der Waals surface area (Å²) in [6.45, 7) is 1.75. The van der Waals surface area contributed by atoms with Crippen molar-refractivity contribution in [2.24, 2.45) is 5.90 Å². The van der Waals surface area contributed by atoms with Crippen LogP contribution in [0.15, 0.2) is 48.5 Å². The summed E-state index contributed by atoms with van der Waals surface area (Å²) in [4.78, 5) is 31.2. The number of rotatable bonds is 2. The van der Waals surface area contributed by atoms with Gasteiger partial charge in [0, 0.05) is 36.2 Å². The SMILES string of the molecule is CN1CCc2c(c3ccccc3n2C(=O)c2ccc(C(=O)ON)cc2)C1. The lowest BCUT2D eigenvalue weighted by Crippen LogP contribution is -2.28. The molecule has 0 aliphatic carbocycles. The van der Waals surface area contributed by atoms with Gasteiger partial charge in [-0.2, -0.15) is 5.90 Å². The summed E-state index contributed by atoms with van der Waals surface area (Å²) in [7, 11) is 2.09. The Morgan fingerprint density at radius 1 is 1.04 bits per heavy atom. The molecule has 6 heteroatoms. The summed E-state index contributed by atoms with van der Waals surface area (Å²) < 4.78 is 1.81. The van der Waals surface area contributed by atoms with Crippen LogP contribution in [-0.4, -0.2) is 34.9 Å². The molecule has 2 heterocycles. The van der Waals surface area contributed by atoms with Crippen LogP contribution in [0.3, 0.4) is 0 Å². The van der Waals surface area contributed by atoms with E-state index in [1.807, 2.05) is 22.8 Å². The monoisotopic (exact) mass is 349 g/mol. The van der Waals surface area contributed by atoms with Crippen LogP contribution in [0.1, 0.15) is 32.0 Å². The van der Waals surface area contributed by atoms with Crippen molar-refractivity contribution < 1.29 is 14.4 Å². The van der Waals surface area contributed by atoms with Gasteiger partial charge in [-0.1, -0.05) is 18.2 Å². The quantitative estimate of drug-likeness (QED) is 0.719. The van der Waals surface area contributed by atoms with Gasteiger partial charge < -0.3 is 9.74 Å². The Morgan fingerprint density at radius 3 is 2.46 bits per heavy atom. The van der Waals surface area contributed by atoms with E-state index in [0.29, 0.717) is 11.1 Å². The van der Waals surface area contributed by atoms with Gasteiger partial charge in [-0.15, -0.1) is 0 Å². The van der Waals surface area contributed by atoms with E-state index in [4.69, 9.17) is 5.90 Å². The van der Waals surface area contributed by atoms with Crippen LogP contribution in [0.25, 0.3) is 10.9 Å². The van der Waals surface area contributed by atoms with Gasteiger partial charge in [0.15, 0.2) is 0 Å². The number of aromatic nitrogens is 1. The average molecular weight is 349 g/mol. The molecule has 1 aliphatic heterocycles. The van der Waals surface area contributed by atoms with Crippen LogP contribution in [0.5, 0.6) is 0 Å². The molecule has 0 amide bonds. The number of carbonyl (C=O) groups is 2. The molecule has 0 saturated heterocycles. The number of benzene rings is 2. The second-order valence-electron chi connectivity index (χ2n) is 6.55. The van der Waals surface area contributed by atoms with Crippen LogP contribution >= 0.6 is 0 Å². The van der Waals surface area contributed by atoms with Crippen molar-refractivity contribution in [2.45, 2.75) is 13.0 Å². The van der Waals surface area contributed by atoms with Crippen LogP contribution in [0.2, 0.25) is 0 Å². The van der Waals surface area contributed by atoms with Crippen molar-refractivity contribution in [3.05, 3.63) is 70.9 Å². The number of carbonyl (C=O) groups excluding carboxylic acids is 2. The number of para-hydroxylation sites is 1. The van der Waals surface area contributed by atoms with E-state index < -0.39 is 5.97 Å². The Hall–Kier alpha value is -2.96. The minimum atomic E-state index is -0.629. The number of hydrogen-bond donors (Lipinski definition) is 1. The molecule has 3 aromatic rings. The maximum Gasteiger partial charge on any atom is 0.356 e. The normalized spacial score (nSPS) is 14.2. The molecule has 0 spiro atoms. The molecule has 0 saturated carbocycles. The molecule has 0 fully saturated rings. The standard InChI is InChI=1S/C20H19N3O3/c1-22-11-10-18-16(12-22)15-4-2-3-5-17(15)23(18)19(24)13-6-8-14(9-7-13)20(25)26-21/h2-9H,10-12,21H2,1H3. The van der Waals surface area contributed by atoms with Gasteiger partial charge in [0.25, 0.3) is 5.91 Å². The smallest absolute Gasteiger partial charge is 0.356 e. The fourth-order valence-electron chi connectivity index (χ4n) is 3.62. The van der Waals surface area contributed by atoms with Crippen molar-refractivity contribution in [1.29, 1.82) is 0 Å². The molecular formula is C20H19N3O3. The Kier molecular flexibility index (Phi) is 4.06. The lowest BCUT2D eigenvalue weighted by atomic mass is 10.0. The summed E-state index contributed by atoms with van der Waals surface area (Å²) in [6, 6.07) is 14.3. The molecule has 0 bridgehead atoms. The number of fused-ring (bicyclic) bond motifs is 3. The summed E-state index contributed by atoms with van der Waals surface area (Å²) >= 11 is 0. The fourth-order valence-corrected chi connectivity index (χ4v) is 3.62. The highest BCUT2D eigenvalue weighted by Gasteiger charge is 2.25. The van der Waals surface area contributed by atoms with Crippen molar-refractivity contribution in [3.63, 3.8) is 0 Å². The lowest BCUT2D eigenvalue weighted by molar-refractivity contribution is 0.0503. The minimum Gasteiger partial charge on any atom is -0.370 e. The minimum absolute atomic E-state index is 0.0975. The van der Waals surface area contributed by atoms with Gasteiger partial charge in [-0.25, -0.2) is 4.79 Å². The second kappa shape index (κ2) is 6.40. The van der Waals surface area contributed by atoms with E-state index in [2.05, 4.69) is 22.9 Å². The Morgan fingerprint density at radius 2 is 1.73 bits per heavy atom. The molecule has 0 radical (unpaired) electrons. The Balaban J connectivity index is 1.81. The predicted molar refractivity (Wildman–Crippen MR) is 97.7 cm³/mol. The van der Waals surface area contributed by atoms with Crippen LogP contribution in [-0.2, 0) is 17.8 Å². The van der Waals surface area contributed by atoms with Crippen molar-refractivity contribution >= 4 is 22.8 Å². The largest absolute Gasteiger partial charge is 0.370 e. The third-order valence-electron chi connectivity index (χ3n) is 4.92. The molecule has 2 N–H and O–H groups in total. The average Bonchev–Trinajstić information content (AvgIpc) is 3.00. The molecule has 0 atom stereocenters. The predicted octanol–water partition coefficient (Wildman–Crippen LogP) is 2.35. The van der Waals surface area contributed by atoms with Crippen molar-refractivity contribution in [3.8, 4) is 0 Å². The first kappa shape index (κ1) is 16.5. The van der Waals surface area contributed by atoms with E-state index >= 15 is 0 Å². The van der Waals surface area contributed by atoms with E-state index in [0.717, 1.165) is 36.1 Å². The molecule has 132 valence electrons. The van der Waals surface area contributed by atoms with Crippen LogP contribution < -0.4 is 5.90 Å². The maximum atomic E-state index is 13.2. The van der Waals surface area contributed by atoms with Gasteiger partial charge in [-0.05, 0) is 42.9 Å². The number of nitrogens with two attached hydrogens (primary N) is 1. The third-order valence-corrected chi connectivity index (χ3v) is 4.92. The van der Waals surface area contributed by atoms with E-state index in [9.17, 15) is 9.59 Å². The van der Waals surface area contributed by atoms with E-state index in [1.54, 1.807) is 24.3 Å². The van der Waals surface area contributed by atoms with E-state index in [1.165, 1.54) is 5.56 Å². The first-order valence-corrected chi connectivity index (χ1v) is 8.45. The first-order chi connectivity index (χ1) is 12.6. The Labute approximate surface area is 150 Å². The van der Waals surface area contributed by atoms with Crippen LogP contribution in [0.4, 0.5) is 0 Å². The number of hydrogen-bond acceptors (Lipinski definition) is 5. The van der Waals surface area contributed by atoms with Gasteiger partial charge >= 0.3 is 5.97 Å². The third kappa shape index (κ3) is 2.60. The molecule has 26 heavy (non-hydrogen) atoms. The molecule has 0 unspecified atom stereocenters. The summed E-state index contributed by atoms with van der Waals surface area (Å²) in [5.41, 5.74) is 4.03. The highest BCUT2D eigenvalue weighted by molar-refractivity contribution is 6.04. The molecule has 4 rings (SSSR count). The fraction of sp³-hybridized carbons (Fsp3) is 0.200. The first-order valence-electron chi connectivity index (χ1n) is 8.45. The zero-order valence-corrected chi connectivity index (χ0v) is 14.4. The molecule has 2 aromatic carbocycles. The molecule has 1 aromatic heterocycles. The summed E-state index contributed by atoms with van der Waals surface area (Å²) in [5, 5.41) is 1.12. The molecule has 1 aliphatic rings. The zero-order chi connectivity index (χ0) is 18.3. The maximum absolute atomic E-state index is 13.2. The van der Waals surface area contributed by atoms with Gasteiger partial charge in [0.1, 0.15) is 0 Å². The second-order valence-corrected chi connectivity index (χ2v) is 6.55. The van der Waals surface area contributed by atoms with Gasteiger partial charge in [0.05, 0.1) is 11.1 Å². The van der Waals surface area contributed by atoms with Crippen LogP contribution in [0, 0.1) is 0 Å². The number of nitrogens with zero attached hydrogens (tertiary/aromatic N) is 2. The van der Waals surface area contributed by atoms with Gasteiger partial charge in [-0.3, -0.25) is 9.36 Å². The lowest BCUT2D eigenvalue weighted by Gasteiger charge is -2.23. The van der Waals surface area contributed by atoms with Crippen molar-refractivity contribution in [2.75, 3.05) is 13.6 Å². The number of likely N-dealkylation sites (N-methyl/N-ethyl adjacent to an activating group) is 1. The zero-order valence-electron chi connectivity index (χ0n) is 14.4. The molecule has 6 nitrogen and oxygen atoms in total. The van der Waals surface area contributed by atoms with Crippen molar-refractivity contribution in [1.82, 2.24) is 9.47 Å².